The number of fused-ring (bicyclic) bond motifs is 1. The Labute approximate surface area is 180 Å². The number of β-amino-alcohol motifs (C(OH)–C–C–N with tert-alkyl or cyclic N) is 1. The second-order valence-corrected chi connectivity index (χ2v) is 10.1. The number of amides is 1. The quantitative estimate of drug-likeness (QED) is 0.561. The number of aromatic amines is 1. The van der Waals surface area contributed by atoms with Gasteiger partial charge in [0.2, 0.25) is 10.0 Å². The number of rotatable bonds is 4. The predicted molar refractivity (Wildman–Crippen MR) is 111 cm³/mol. The molecule has 0 bridgehead atoms. The van der Waals surface area contributed by atoms with E-state index in [1.165, 1.54) is 0 Å². The first kappa shape index (κ1) is 20.3. The summed E-state index contributed by atoms with van der Waals surface area (Å²) >= 11 is 0. The largest absolute Gasteiger partial charge is 0.446 e. The van der Waals surface area contributed by atoms with Crippen LogP contribution in [-0.4, -0.2) is 60.0 Å². The molecule has 31 heavy (non-hydrogen) atoms. The second-order valence-electron chi connectivity index (χ2n) is 8.38. The highest BCUT2D eigenvalue weighted by atomic mass is 32.2. The van der Waals surface area contributed by atoms with Crippen molar-refractivity contribution in [3.63, 3.8) is 0 Å². The Morgan fingerprint density at radius 1 is 1.26 bits per heavy atom. The number of anilines is 2. The zero-order chi connectivity index (χ0) is 21.6. The normalized spacial score (nSPS) is 26.7. The monoisotopic (exact) mass is 447 g/mol. The summed E-state index contributed by atoms with van der Waals surface area (Å²) in [6, 6.07) is 7.06. The highest BCUT2D eigenvalue weighted by Crippen LogP contribution is 2.36. The van der Waals surface area contributed by atoms with Gasteiger partial charge in [-0.1, -0.05) is 0 Å². The van der Waals surface area contributed by atoms with Gasteiger partial charge in [-0.2, -0.15) is 5.10 Å². The molecule has 3 aliphatic rings. The minimum atomic E-state index is -3.38. The first-order chi connectivity index (χ1) is 14.9. The molecular weight excluding hydrogens is 422 g/mol. The average molecular weight is 448 g/mol. The fourth-order valence-corrected chi connectivity index (χ4v) is 5.74. The topological polar surface area (TPSA) is 137 Å². The number of H-pyrrole nitrogens is 1. The minimum Gasteiger partial charge on any atom is -0.446 e. The highest BCUT2D eigenvalue weighted by molar-refractivity contribution is 7.89. The summed E-state index contributed by atoms with van der Waals surface area (Å²) in [6.45, 7) is 1.17. The van der Waals surface area contributed by atoms with Crippen LogP contribution in [0.3, 0.4) is 0 Å². The molecule has 1 saturated carbocycles. The molecule has 2 aliphatic heterocycles. The van der Waals surface area contributed by atoms with E-state index < -0.39 is 16.1 Å². The van der Waals surface area contributed by atoms with E-state index in [1.807, 2.05) is 12.1 Å². The molecule has 1 aromatic heterocycles. The Bertz CT molecular complexity index is 1100. The van der Waals surface area contributed by atoms with Crippen molar-refractivity contribution < 1.29 is 23.1 Å². The van der Waals surface area contributed by atoms with Crippen LogP contribution >= 0.6 is 0 Å². The zero-order valence-electron chi connectivity index (χ0n) is 16.9. The van der Waals surface area contributed by atoms with Crippen molar-refractivity contribution in [1.82, 2.24) is 19.8 Å². The Morgan fingerprint density at radius 3 is 2.94 bits per heavy atom. The lowest BCUT2D eigenvalue weighted by Crippen LogP contribution is -2.32. The lowest BCUT2D eigenvalue weighted by atomic mass is 10.0. The van der Waals surface area contributed by atoms with Crippen molar-refractivity contribution >= 4 is 27.6 Å². The third-order valence-corrected chi connectivity index (χ3v) is 7.69. The van der Waals surface area contributed by atoms with E-state index in [-0.39, 0.29) is 24.7 Å². The number of hydrogen-bond donors (Lipinski definition) is 4. The molecule has 0 radical (unpaired) electrons. The molecule has 1 saturated heterocycles. The molecule has 1 aliphatic carbocycles. The van der Waals surface area contributed by atoms with Gasteiger partial charge in [0.15, 0.2) is 5.82 Å². The van der Waals surface area contributed by atoms with Gasteiger partial charge in [0.1, 0.15) is 6.10 Å². The maximum atomic E-state index is 12.2. The van der Waals surface area contributed by atoms with Crippen LogP contribution in [-0.2, 0) is 21.3 Å². The highest BCUT2D eigenvalue weighted by Gasteiger charge is 2.33. The van der Waals surface area contributed by atoms with Gasteiger partial charge in [0, 0.05) is 43.0 Å². The van der Waals surface area contributed by atoms with E-state index in [2.05, 4.69) is 20.2 Å². The minimum absolute atomic E-state index is 0.138. The molecule has 5 rings (SSSR count). The van der Waals surface area contributed by atoms with E-state index in [0.29, 0.717) is 30.2 Å². The molecule has 1 aromatic carbocycles. The third-order valence-electron chi connectivity index (χ3n) is 6.19. The molecule has 2 fully saturated rings. The van der Waals surface area contributed by atoms with E-state index in [4.69, 9.17) is 4.74 Å². The molecule has 1 unspecified atom stereocenters. The van der Waals surface area contributed by atoms with Gasteiger partial charge >= 0.3 is 6.09 Å². The first-order valence-electron chi connectivity index (χ1n) is 10.5. The van der Waals surface area contributed by atoms with Gasteiger partial charge in [-0.3, -0.25) is 5.10 Å². The summed E-state index contributed by atoms with van der Waals surface area (Å²) in [5.74, 6) is 0.870. The number of ether oxygens (including phenoxy) is 1. The number of carbonyl (C=O) groups is 1. The molecule has 166 valence electrons. The third kappa shape index (κ3) is 4.12. The van der Waals surface area contributed by atoms with Crippen LogP contribution in [0.25, 0.3) is 0 Å². The standard InChI is InChI=1S/C20H25N5O5S/c26-15-5-6-25(11-15)20(27)30-16-3-1-12(8-16)17-9-19(24-23-17)22-14-2-4-18-13(7-14)10-21-31(18,28)29/h2,4,7,9,12,15-16,21,26H,1,3,5-6,8,10-11H2,(H2,22,23,24)/t12-,15?,16+/m1/s1. The molecule has 2 aromatic rings. The van der Waals surface area contributed by atoms with Crippen molar-refractivity contribution in [2.45, 2.75) is 55.2 Å². The fraction of sp³-hybridized carbons (Fsp3) is 0.500. The van der Waals surface area contributed by atoms with Crippen LogP contribution < -0.4 is 10.0 Å². The smallest absolute Gasteiger partial charge is 0.410 e. The van der Waals surface area contributed by atoms with Gasteiger partial charge in [-0.05, 0) is 49.4 Å². The van der Waals surface area contributed by atoms with Gasteiger partial charge in [-0.25, -0.2) is 17.9 Å². The number of aliphatic hydroxyl groups excluding tert-OH is 1. The van der Waals surface area contributed by atoms with Gasteiger partial charge in [0.05, 0.1) is 11.0 Å². The van der Waals surface area contributed by atoms with Crippen molar-refractivity contribution in [2.24, 2.45) is 0 Å². The van der Waals surface area contributed by atoms with Crippen LogP contribution in [0.2, 0.25) is 0 Å². The average Bonchev–Trinajstić information content (AvgIpc) is 3.50. The van der Waals surface area contributed by atoms with Crippen LogP contribution in [0.1, 0.15) is 42.9 Å². The number of nitrogens with one attached hydrogen (secondary N) is 3. The maximum absolute atomic E-state index is 12.2. The molecule has 3 heterocycles. The second kappa shape index (κ2) is 7.81. The van der Waals surface area contributed by atoms with Crippen molar-refractivity contribution in [2.75, 3.05) is 18.4 Å². The molecule has 11 heteroatoms. The van der Waals surface area contributed by atoms with E-state index in [9.17, 15) is 18.3 Å². The predicted octanol–water partition coefficient (Wildman–Crippen LogP) is 1.78. The zero-order valence-corrected chi connectivity index (χ0v) is 17.7. The van der Waals surface area contributed by atoms with Crippen LogP contribution in [0.4, 0.5) is 16.3 Å². The Hall–Kier alpha value is -2.63. The van der Waals surface area contributed by atoms with Gasteiger partial charge in [0.25, 0.3) is 0 Å². The first-order valence-corrected chi connectivity index (χ1v) is 11.9. The van der Waals surface area contributed by atoms with Crippen molar-refractivity contribution in [3.8, 4) is 0 Å². The van der Waals surface area contributed by atoms with Crippen molar-refractivity contribution in [1.29, 1.82) is 0 Å². The van der Waals surface area contributed by atoms with E-state index >= 15 is 0 Å². The Kier molecular flexibility index (Phi) is 5.11. The van der Waals surface area contributed by atoms with Crippen LogP contribution in [0.5, 0.6) is 0 Å². The Balaban J connectivity index is 1.18. The number of hydrogen-bond acceptors (Lipinski definition) is 7. The molecule has 10 nitrogen and oxygen atoms in total. The summed E-state index contributed by atoms with van der Waals surface area (Å²) in [5.41, 5.74) is 2.47. The number of sulfonamides is 1. The summed E-state index contributed by atoms with van der Waals surface area (Å²) in [7, 11) is -3.38. The van der Waals surface area contributed by atoms with Gasteiger partial charge in [-0.15, -0.1) is 0 Å². The molecule has 0 spiro atoms. The van der Waals surface area contributed by atoms with Crippen molar-refractivity contribution in [3.05, 3.63) is 35.5 Å². The molecule has 3 atom stereocenters. The maximum Gasteiger partial charge on any atom is 0.410 e. The summed E-state index contributed by atoms with van der Waals surface area (Å²) in [4.78, 5) is 14.1. The number of carbonyl (C=O) groups excluding carboxylic acids is 1. The summed E-state index contributed by atoms with van der Waals surface area (Å²) in [5, 5.41) is 20.2. The summed E-state index contributed by atoms with van der Waals surface area (Å²) in [6.07, 6.45) is 2.08. The van der Waals surface area contributed by atoms with E-state index in [1.54, 1.807) is 17.0 Å². The van der Waals surface area contributed by atoms with Crippen LogP contribution in [0.15, 0.2) is 29.2 Å². The number of aromatic nitrogens is 2. The molecule has 1 amide bonds. The summed E-state index contributed by atoms with van der Waals surface area (Å²) < 4.78 is 31.9. The molecule has 4 N–H and O–H groups in total. The lowest BCUT2D eigenvalue weighted by molar-refractivity contribution is 0.0666. The lowest BCUT2D eigenvalue weighted by Gasteiger charge is -2.19. The van der Waals surface area contributed by atoms with Gasteiger partial charge < -0.3 is 20.1 Å². The van der Waals surface area contributed by atoms with E-state index in [0.717, 1.165) is 36.2 Å². The molecular formula is C20H25N5O5S. The number of benzene rings is 1. The number of nitrogens with zero attached hydrogens (tertiary/aromatic N) is 2. The number of likely N-dealkylation sites (tertiary alicyclic amines) is 1. The SMILES string of the molecule is O=C(O[C@H]1CC[C@@H](c2cc(Nc3ccc4c(c3)CNS4(=O)=O)n[nH]2)C1)N1CCC(O)C1. The fourth-order valence-electron chi connectivity index (χ4n) is 4.52. The van der Waals surface area contributed by atoms with Crippen LogP contribution in [0, 0.1) is 0 Å². The Morgan fingerprint density at radius 2 is 2.13 bits per heavy atom. The number of aliphatic hydroxyl groups is 1.